The lowest BCUT2D eigenvalue weighted by Gasteiger charge is -2.04. The van der Waals surface area contributed by atoms with Gasteiger partial charge in [-0.2, -0.15) is 0 Å². The molecular weight excluding hydrogens is 228 g/mol. The first-order valence-electron chi connectivity index (χ1n) is 5.70. The van der Waals surface area contributed by atoms with Gasteiger partial charge in [-0.1, -0.05) is 18.2 Å². The Morgan fingerprint density at radius 3 is 2.44 bits per heavy atom. The summed E-state index contributed by atoms with van der Waals surface area (Å²) in [7, 11) is 1.60. The van der Waals surface area contributed by atoms with Crippen LogP contribution in [-0.2, 0) is 4.79 Å². The molecule has 0 bridgehead atoms. The van der Waals surface area contributed by atoms with E-state index < -0.39 is 0 Å². The van der Waals surface area contributed by atoms with E-state index in [-0.39, 0.29) is 18.0 Å². The van der Waals surface area contributed by atoms with Gasteiger partial charge >= 0.3 is 0 Å². The molecule has 3 nitrogen and oxygen atoms in total. The van der Waals surface area contributed by atoms with Crippen molar-refractivity contribution >= 4 is 22.3 Å². The number of ketones is 2. The normalized spacial score (nSPS) is 10.3. The standard InChI is InChI=1S/C15H14O3/c1-10(16)7-15(17)12-4-3-11-5-6-14(18-2)9-13(11)8-12/h3-6,8-9H,7H2,1-2H3. The fourth-order valence-corrected chi connectivity index (χ4v) is 1.85. The average molecular weight is 242 g/mol. The summed E-state index contributed by atoms with van der Waals surface area (Å²) >= 11 is 0. The van der Waals surface area contributed by atoms with E-state index in [1.165, 1.54) is 6.92 Å². The Morgan fingerprint density at radius 2 is 1.78 bits per heavy atom. The minimum Gasteiger partial charge on any atom is -0.497 e. The Kier molecular flexibility index (Phi) is 3.42. The number of carbonyl (C=O) groups is 2. The molecule has 0 fully saturated rings. The van der Waals surface area contributed by atoms with E-state index in [1.807, 2.05) is 24.3 Å². The highest BCUT2D eigenvalue weighted by Gasteiger charge is 2.09. The predicted molar refractivity (Wildman–Crippen MR) is 70.1 cm³/mol. The van der Waals surface area contributed by atoms with Gasteiger partial charge in [-0.15, -0.1) is 0 Å². The van der Waals surface area contributed by atoms with Crippen LogP contribution in [0.4, 0.5) is 0 Å². The van der Waals surface area contributed by atoms with Gasteiger partial charge in [0.25, 0.3) is 0 Å². The number of carbonyl (C=O) groups excluding carboxylic acids is 2. The number of rotatable bonds is 4. The number of methoxy groups -OCH3 is 1. The number of ether oxygens (including phenoxy) is 1. The average Bonchev–Trinajstić information content (AvgIpc) is 2.36. The summed E-state index contributed by atoms with van der Waals surface area (Å²) in [6, 6.07) is 11.1. The summed E-state index contributed by atoms with van der Waals surface area (Å²) in [6.07, 6.45) is -0.0462. The Balaban J connectivity index is 2.42. The second-order valence-corrected chi connectivity index (χ2v) is 4.23. The van der Waals surface area contributed by atoms with Crippen molar-refractivity contribution in [3.05, 3.63) is 42.0 Å². The lowest BCUT2D eigenvalue weighted by atomic mass is 10.0. The van der Waals surface area contributed by atoms with E-state index in [4.69, 9.17) is 4.74 Å². The molecule has 3 heteroatoms. The predicted octanol–water partition coefficient (Wildman–Crippen LogP) is 3.01. The van der Waals surface area contributed by atoms with E-state index >= 15 is 0 Å². The molecule has 2 aromatic rings. The van der Waals surface area contributed by atoms with Gasteiger partial charge in [0.2, 0.25) is 0 Å². The highest BCUT2D eigenvalue weighted by Crippen LogP contribution is 2.22. The summed E-state index contributed by atoms with van der Waals surface area (Å²) in [6.45, 7) is 1.42. The van der Waals surface area contributed by atoms with Crippen LogP contribution < -0.4 is 4.74 Å². The van der Waals surface area contributed by atoms with Gasteiger partial charge in [-0.3, -0.25) is 9.59 Å². The Labute approximate surface area is 105 Å². The highest BCUT2D eigenvalue weighted by atomic mass is 16.5. The summed E-state index contributed by atoms with van der Waals surface area (Å²) in [4.78, 5) is 22.8. The second-order valence-electron chi connectivity index (χ2n) is 4.23. The smallest absolute Gasteiger partial charge is 0.170 e. The third-order valence-electron chi connectivity index (χ3n) is 2.78. The van der Waals surface area contributed by atoms with Gasteiger partial charge in [0.05, 0.1) is 13.5 Å². The van der Waals surface area contributed by atoms with Crippen LogP contribution in [0.2, 0.25) is 0 Å². The van der Waals surface area contributed by atoms with E-state index in [0.29, 0.717) is 5.56 Å². The number of hydrogen-bond acceptors (Lipinski definition) is 3. The molecule has 0 aliphatic rings. The molecule has 0 aliphatic heterocycles. The van der Waals surface area contributed by atoms with E-state index in [2.05, 4.69) is 0 Å². The van der Waals surface area contributed by atoms with Crippen molar-refractivity contribution in [3.63, 3.8) is 0 Å². The van der Waals surface area contributed by atoms with Crippen molar-refractivity contribution < 1.29 is 14.3 Å². The zero-order chi connectivity index (χ0) is 13.1. The Bertz CT molecular complexity index is 614. The molecule has 0 aliphatic carbocycles. The highest BCUT2D eigenvalue weighted by molar-refractivity contribution is 6.08. The van der Waals surface area contributed by atoms with Gasteiger partial charge in [0.1, 0.15) is 11.5 Å². The van der Waals surface area contributed by atoms with Crippen molar-refractivity contribution in [3.8, 4) is 5.75 Å². The molecule has 2 rings (SSSR count). The minimum absolute atomic E-state index is 0.0462. The molecule has 0 spiro atoms. The molecule has 0 amide bonds. The Hall–Kier alpha value is -2.16. The minimum atomic E-state index is -0.146. The first kappa shape index (κ1) is 12.3. The van der Waals surface area contributed by atoms with E-state index in [1.54, 1.807) is 19.2 Å². The quantitative estimate of drug-likeness (QED) is 0.611. The van der Waals surface area contributed by atoms with Crippen molar-refractivity contribution in [2.75, 3.05) is 7.11 Å². The molecule has 2 aromatic carbocycles. The molecule has 0 saturated heterocycles. The SMILES string of the molecule is COc1ccc2ccc(C(=O)CC(C)=O)cc2c1. The fourth-order valence-electron chi connectivity index (χ4n) is 1.85. The van der Waals surface area contributed by atoms with E-state index in [0.717, 1.165) is 16.5 Å². The summed E-state index contributed by atoms with van der Waals surface area (Å²) in [5.74, 6) is 0.483. The molecular formula is C15H14O3. The van der Waals surface area contributed by atoms with Crippen LogP contribution in [0, 0.1) is 0 Å². The van der Waals surface area contributed by atoms with Crippen molar-refractivity contribution in [2.24, 2.45) is 0 Å². The third-order valence-corrected chi connectivity index (χ3v) is 2.78. The fraction of sp³-hybridized carbons (Fsp3) is 0.200. The monoisotopic (exact) mass is 242 g/mol. The maximum atomic E-state index is 11.8. The first-order chi connectivity index (χ1) is 8.60. The van der Waals surface area contributed by atoms with Crippen LogP contribution in [0.3, 0.4) is 0 Å². The van der Waals surface area contributed by atoms with Crippen LogP contribution in [0.1, 0.15) is 23.7 Å². The van der Waals surface area contributed by atoms with Gasteiger partial charge < -0.3 is 4.74 Å². The van der Waals surface area contributed by atoms with Crippen molar-refractivity contribution in [1.82, 2.24) is 0 Å². The topological polar surface area (TPSA) is 43.4 Å². The van der Waals surface area contributed by atoms with E-state index in [9.17, 15) is 9.59 Å². The third kappa shape index (κ3) is 2.56. The Morgan fingerprint density at radius 1 is 1.06 bits per heavy atom. The van der Waals surface area contributed by atoms with Gasteiger partial charge in [0.15, 0.2) is 5.78 Å². The lowest BCUT2D eigenvalue weighted by Crippen LogP contribution is -2.04. The molecule has 0 atom stereocenters. The molecule has 0 N–H and O–H groups in total. The number of benzene rings is 2. The molecule has 18 heavy (non-hydrogen) atoms. The van der Waals surface area contributed by atoms with Crippen molar-refractivity contribution in [2.45, 2.75) is 13.3 Å². The zero-order valence-corrected chi connectivity index (χ0v) is 10.4. The maximum Gasteiger partial charge on any atom is 0.170 e. The molecule has 0 heterocycles. The number of fused-ring (bicyclic) bond motifs is 1. The van der Waals surface area contributed by atoms with Gasteiger partial charge in [0, 0.05) is 5.56 Å². The van der Waals surface area contributed by atoms with Crippen molar-refractivity contribution in [1.29, 1.82) is 0 Å². The second kappa shape index (κ2) is 5.00. The summed E-state index contributed by atoms with van der Waals surface area (Å²) in [5.41, 5.74) is 0.561. The van der Waals surface area contributed by atoms with Crippen LogP contribution >= 0.6 is 0 Å². The van der Waals surface area contributed by atoms with Crippen LogP contribution in [0.25, 0.3) is 10.8 Å². The van der Waals surface area contributed by atoms with Gasteiger partial charge in [-0.05, 0) is 35.9 Å². The summed E-state index contributed by atoms with van der Waals surface area (Å²) < 4.78 is 5.15. The maximum absolute atomic E-state index is 11.8. The number of Topliss-reactive ketones (excluding diaryl/α,β-unsaturated/α-hetero) is 2. The summed E-state index contributed by atoms with van der Waals surface area (Å²) in [5, 5.41) is 1.97. The zero-order valence-electron chi connectivity index (χ0n) is 10.4. The largest absolute Gasteiger partial charge is 0.497 e. The molecule has 0 radical (unpaired) electrons. The first-order valence-corrected chi connectivity index (χ1v) is 5.70. The lowest BCUT2D eigenvalue weighted by molar-refractivity contribution is -0.116. The van der Waals surface area contributed by atoms with Gasteiger partial charge in [-0.25, -0.2) is 0 Å². The number of hydrogen-bond donors (Lipinski definition) is 0. The van der Waals surface area contributed by atoms with Crippen LogP contribution in [0.5, 0.6) is 5.75 Å². The molecule has 0 saturated carbocycles. The molecule has 0 unspecified atom stereocenters. The van der Waals surface area contributed by atoms with Crippen LogP contribution in [-0.4, -0.2) is 18.7 Å². The molecule has 0 aromatic heterocycles. The van der Waals surface area contributed by atoms with Crippen LogP contribution in [0.15, 0.2) is 36.4 Å². The molecule has 92 valence electrons.